The smallest absolute Gasteiger partial charge is 0.294 e. The first-order valence-corrected chi connectivity index (χ1v) is 6.30. The van der Waals surface area contributed by atoms with Crippen molar-refractivity contribution in [1.29, 1.82) is 0 Å². The van der Waals surface area contributed by atoms with Gasteiger partial charge < -0.3 is 0 Å². The van der Waals surface area contributed by atoms with Crippen LogP contribution in [0.1, 0.15) is 12.6 Å². The number of alkyl halides is 2. The summed E-state index contributed by atoms with van der Waals surface area (Å²) >= 11 is 0. The Morgan fingerprint density at radius 1 is 1.12 bits per heavy atom. The van der Waals surface area contributed by atoms with Crippen molar-refractivity contribution in [3.8, 4) is 5.69 Å². The van der Waals surface area contributed by atoms with E-state index in [2.05, 4.69) is 0 Å². The fourth-order valence-corrected chi connectivity index (χ4v) is 2.11. The van der Waals surface area contributed by atoms with Gasteiger partial charge in [-0.05, 0) is 0 Å². The molecule has 11 heteroatoms. The molecule has 0 saturated carbocycles. The number of halogens is 4. The third-order valence-corrected chi connectivity index (χ3v) is 3.22. The van der Waals surface area contributed by atoms with Crippen LogP contribution in [0.3, 0.4) is 0 Å². The first-order valence-electron chi connectivity index (χ1n) is 6.30. The molecule has 0 aliphatic rings. The van der Waals surface area contributed by atoms with E-state index in [0.717, 1.165) is 7.05 Å². The summed E-state index contributed by atoms with van der Waals surface area (Å²) in [7, 11) is 0.921. The molecule has 0 N–H and O–H groups in total. The highest BCUT2D eigenvalue weighted by Crippen LogP contribution is 2.25. The van der Waals surface area contributed by atoms with Crippen molar-refractivity contribution in [2.45, 2.75) is 12.8 Å². The maximum atomic E-state index is 14.0. The van der Waals surface area contributed by atoms with Gasteiger partial charge in [-0.25, -0.2) is 22.5 Å². The third kappa shape index (κ3) is 2.79. The fraction of sp³-hybridized carbons (Fsp3) is 0.231. The van der Waals surface area contributed by atoms with E-state index in [4.69, 9.17) is 0 Å². The third-order valence-electron chi connectivity index (χ3n) is 3.22. The normalized spacial score (nSPS) is 11.6. The maximum Gasteiger partial charge on any atom is 0.335 e. The van der Waals surface area contributed by atoms with Gasteiger partial charge in [0.1, 0.15) is 0 Å². The van der Waals surface area contributed by atoms with Gasteiger partial charge in [0, 0.05) is 26.1 Å². The Hall–Kier alpha value is -2.98. The summed E-state index contributed by atoms with van der Waals surface area (Å²) in [6, 6.07) is 0.874. The molecule has 0 radical (unpaired) electrons. The molecular weight excluding hydrogens is 338 g/mol. The molecule has 7 nitrogen and oxygen atoms in total. The summed E-state index contributed by atoms with van der Waals surface area (Å²) in [5, 5.41) is 10.5. The summed E-state index contributed by atoms with van der Waals surface area (Å²) in [6.07, 6.45) is 0. The van der Waals surface area contributed by atoms with Gasteiger partial charge in [0.2, 0.25) is 5.82 Å². The van der Waals surface area contributed by atoms with Crippen LogP contribution < -0.4 is 11.2 Å². The average Bonchev–Trinajstić information content (AvgIpc) is 2.44. The average molecular weight is 347 g/mol. The van der Waals surface area contributed by atoms with E-state index in [9.17, 15) is 37.3 Å². The molecule has 0 unspecified atom stereocenters. The number of hydrogen-bond acceptors (Lipinski definition) is 4. The molecule has 24 heavy (non-hydrogen) atoms. The van der Waals surface area contributed by atoms with Crippen molar-refractivity contribution < 1.29 is 22.5 Å². The van der Waals surface area contributed by atoms with E-state index in [1.165, 1.54) is 0 Å². The van der Waals surface area contributed by atoms with Gasteiger partial charge in [0.05, 0.1) is 22.4 Å². The minimum atomic E-state index is -3.52. The summed E-state index contributed by atoms with van der Waals surface area (Å²) in [4.78, 5) is 33.4. The highest BCUT2D eigenvalue weighted by molar-refractivity contribution is 5.44. The lowest BCUT2D eigenvalue weighted by Gasteiger charge is -2.16. The Morgan fingerprint density at radius 2 is 1.71 bits per heavy atom. The quantitative estimate of drug-likeness (QED) is 0.481. The Kier molecular flexibility index (Phi) is 4.04. The Morgan fingerprint density at radius 3 is 2.21 bits per heavy atom. The highest BCUT2D eigenvalue weighted by atomic mass is 19.3. The van der Waals surface area contributed by atoms with E-state index in [1.54, 1.807) is 0 Å². The van der Waals surface area contributed by atoms with Crippen molar-refractivity contribution in [2.75, 3.05) is 0 Å². The molecule has 0 saturated heterocycles. The zero-order valence-electron chi connectivity index (χ0n) is 12.2. The minimum Gasteiger partial charge on any atom is -0.294 e. The van der Waals surface area contributed by atoms with Crippen LogP contribution in [0.5, 0.6) is 0 Å². The lowest BCUT2D eigenvalue weighted by Crippen LogP contribution is -2.41. The molecule has 0 amide bonds. The van der Waals surface area contributed by atoms with Crippen molar-refractivity contribution in [2.24, 2.45) is 7.05 Å². The second-order valence-electron chi connectivity index (χ2n) is 4.95. The Labute approximate surface area is 130 Å². The molecule has 0 spiro atoms. The molecule has 1 heterocycles. The highest BCUT2D eigenvalue weighted by Gasteiger charge is 2.30. The molecule has 1 aromatic carbocycles. The lowest BCUT2D eigenvalue weighted by molar-refractivity contribution is -0.387. The van der Waals surface area contributed by atoms with Crippen molar-refractivity contribution in [3.05, 3.63) is 66.5 Å². The number of benzene rings is 1. The molecule has 0 aliphatic carbocycles. The number of nitro groups is 1. The molecule has 0 bridgehead atoms. The molecule has 0 fully saturated rings. The summed E-state index contributed by atoms with van der Waals surface area (Å²) in [5.74, 6) is -6.45. The van der Waals surface area contributed by atoms with Crippen LogP contribution >= 0.6 is 0 Å². The largest absolute Gasteiger partial charge is 0.335 e. The predicted molar refractivity (Wildman–Crippen MR) is 73.4 cm³/mol. The topological polar surface area (TPSA) is 87.1 Å². The van der Waals surface area contributed by atoms with Crippen molar-refractivity contribution in [1.82, 2.24) is 9.13 Å². The molecule has 2 rings (SSSR count). The lowest BCUT2D eigenvalue weighted by atomic mass is 10.2. The van der Waals surface area contributed by atoms with E-state index >= 15 is 0 Å². The SMILES string of the molecule is Cn1c(C(C)(F)F)cc(=O)n(-c2cc(F)c([N+](=O)[O-])cc2F)c1=O. The van der Waals surface area contributed by atoms with Crippen LogP contribution in [0, 0.1) is 21.7 Å². The van der Waals surface area contributed by atoms with Crippen molar-refractivity contribution in [3.63, 3.8) is 0 Å². The molecule has 2 aromatic rings. The predicted octanol–water partition coefficient (Wildman–Crippen LogP) is 1.83. The maximum absolute atomic E-state index is 14.0. The van der Waals surface area contributed by atoms with Crippen molar-refractivity contribution >= 4 is 5.69 Å². The zero-order valence-corrected chi connectivity index (χ0v) is 12.2. The van der Waals surface area contributed by atoms with Crippen LogP contribution in [-0.2, 0) is 13.0 Å². The summed E-state index contributed by atoms with van der Waals surface area (Å²) in [5.41, 5.74) is -5.72. The van der Waals surface area contributed by atoms with E-state index in [1.807, 2.05) is 0 Å². The van der Waals surface area contributed by atoms with Gasteiger partial charge in [-0.3, -0.25) is 19.5 Å². The molecule has 128 valence electrons. The van der Waals surface area contributed by atoms with Crippen LogP contribution in [-0.4, -0.2) is 14.1 Å². The van der Waals surface area contributed by atoms with Gasteiger partial charge in [-0.15, -0.1) is 0 Å². The molecule has 1 aromatic heterocycles. The minimum absolute atomic E-state index is 0.109. The second kappa shape index (κ2) is 5.58. The number of hydrogen-bond donors (Lipinski definition) is 0. The molecule has 0 aliphatic heterocycles. The monoisotopic (exact) mass is 347 g/mol. The number of aromatic nitrogens is 2. The Bertz CT molecular complexity index is 959. The number of rotatable bonds is 3. The Balaban J connectivity index is 2.83. The summed E-state index contributed by atoms with van der Waals surface area (Å²) in [6.45, 7) is 0.456. The van der Waals surface area contributed by atoms with Gasteiger partial charge in [0.25, 0.3) is 11.5 Å². The molecular formula is C13H9F4N3O4. The van der Waals surface area contributed by atoms with E-state index in [-0.39, 0.29) is 16.7 Å². The fourth-order valence-electron chi connectivity index (χ4n) is 2.11. The van der Waals surface area contributed by atoms with E-state index in [0.29, 0.717) is 17.6 Å². The van der Waals surface area contributed by atoms with Crippen LogP contribution in [0.2, 0.25) is 0 Å². The first kappa shape index (κ1) is 17.4. The van der Waals surface area contributed by atoms with Crippen LogP contribution in [0.25, 0.3) is 5.69 Å². The van der Waals surface area contributed by atoms with E-state index < -0.39 is 50.8 Å². The second-order valence-corrected chi connectivity index (χ2v) is 4.95. The zero-order chi connectivity index (χ0) is 18.4. The number of nitrogens with zero attached hydrogens (tertiary/aromatic N) is 3. The van der Waals surface area contributed by atoms with Gasteiger partial charge in [-0.2, -0.15) is 4.39 Å². The first-order chi connectivity index (χ1) is 10.9. The van der Waals surface area contributed by atoms with Gasteiger partial charge >= 0.3 is 11.4 Å². The number of nitro benzene ring substituents is 1. The van der Waals surface area contributed by atoms with Gasteiger partial charge in [0.15, 0.2) is 5.82 Å². The summed E-state index contributed by atoms with van der Waals surface area (Å²) < 4.78 is 54.9. The van der Waals surface area contributed by atoms with Gasteiger partial charge in [-0.1, -0.05) is 0 Å². The molecule has 0 atom stereocenters. The van der Waals surface area contributed by atoms with Crippen LogP contribution in [0.4, 0.5) is 23.2 Å². The van der Waals surface area contributed by atoms with Crippen LogP contribution in [0.15, 0.2) is 27.8 Å². The standard InChI is InChI=1S/C13H9F4N3O4/c1-13(16,17)10-5-11(21)19(12(22)18(10)2)8-3-7(15)9(20(23)24)4-6(8)14/h3-5H,1-2H3.